The van der Waals surface area contributed by atoms with Crippen molar-refractivity contribution in [3.8, 4) is 0 Å². The van der Waals surface area contributed by atoms with E-state index in [0.29, 0.717) is 15.6 Å². The fourth-order valence-corrected chi connectivity index (χ4v) is 1.64. The summed E-state index contributed by atoms with van der Waals surface area (Å²) in [4.78, 5) is 22.0. The Labute approximate surface area is 108 Å². The number of nitrogens with two attached hydrogens (primary N) is 4. The van der Waals surface area contributed by atoms with Gasteiger partial charge in [-0.25, -0.2) is 31.3 Å². The molecule has 9 heteroatoms. The molecule has 98 valence electrons. The molecule has 0 aliphatic rings. The van der Waals surface area contributed by atoms with Crippen LogP contribution >= 0.6 is 11.6 Å². The summed E-state index contributed by atoms with van der Waals surface area (Å²) < 4.78 is 0. The molecule has 0 heterocycles. The number of hydrazine groups is 2. The molecule has 8 N–H and O–H groups in total. The Hall–Kier alpha value is -2.03. The average molecular weight is 273 g/mol. The Kier molecular flexibility index (Phi) is 3.96. The molecule has 1 aromatic rings. The van der Waals surface area contributed by atoms with Crippen molar-refractivity contribution in [1.29, 1.82) is 0 Å². The van der Waals surface area contributed by atoms with Crippen LogP contribution in [0.4, 0.5) is 21.0 Å². The molecule has 0 unspecified atom stereocenters. The highest BCUT2D eigenvalue weighted by molar-refractivity contribution is 6.34. The van der Waals surface area contributed by atoms with E-state index < -0.39 is 12.1 Å². The van der Waals surface area contributed by atoms with Crippen molar-refractivity contribution < 1.29 is 9.59 Å². The van der Waals surface area contributed by atoms with Crippen LogP contribution in [0, 0.1) is 6.92 Å². The number of primary amides is 2. The number of hydrogen-bond donors (Lipinski definition) is 4. The van der Waals surface area contributed by atoms with Gasteiger partial charge in [0.15, 0.2) is 0 Å². The summed E-state index contributed by atoms with van der Waals surface area (Å²) in [6.45, 7) is 1.67. The van der Waals surface area contributed by atoms with E-state index in [4.69, 9.17) is 34.8 Å². The molecule has 0 saturated carbocycles. The largest absolute Gasteiger partial charge is 0.350 e. The second-order valence-electron chi connectivity index (χ2n) is 3.51. The van der Waals surface area contributed by atoms with Crippen LogP contribution in [0.25, 0.3) is 0 Å². The molecular weight excluding hydrogens is 260 g/mol. The maximum Gasteiger partial charge on any atom is 0.333 e. The van der Waals surface area contributed by atoms with E-state index in [9.17, 15) is 9.59 Å². The quantitative estimate of drug-likeness (QED) is 0.345. The van der Waals surface area contributed by atoms with Gasteiger partial charge in [0.05, 0.1) is 16.4 Å². The van der Waals surface area contributed by atoms with Gasteiger partial charge >= 0.3 is 12.1 Å². The molecule has 8 nitrogen and oxygen atoms in total. The zero-order valence-corrected chi connectivity index (χ0v) is 10.3. The summed E-state index contributed by atoms with van der Waals surface area (Å²) in [5.41, 5.74) is 11.0. The van der Waals surface area contributed by atoms with Crippen LogP contribution in [0.2, 0.25) is 5.02 Å². The number of aryl methyl sites for hydroxylation is 1. The van der Waals surface area contributed by atoms with Gasteiger partial charge in [-0.3, -0.25) is 0 Å². The normalized spacial score (nSPS) is 10.0. The van der Waals surface area contributed by atoms with E-state index in [1.807, 2.05) is 0 Å². The molecule has 18 heavy (non-hydrogen) atoms. The Bertz CT molecular complexity index is 465. The number of halogens is 1. The lowest BCUT2D eigenvalue weighted by Crippen LogP contribution is -2.43. The molecule has 0 aliphatic heterocycles. The first-order valence-electron chi connectivity index (χ1n) is 4.74. The third-order valence-corrected chi connectivity index (χ3v) is 2.56. The molecule has 0 aliphatic carbocycles. The standard InChI is InChI=1S/C9H13ClN6O2/c1-4-2-5(10)7(16(14)9(12)18)3-6(4)15(13)8(11)17/h2-3H,13-14H2,1H3,(H2,11,17)(H2,12,18). The minimum Gasteiger partial charge on any atom is -0.350 e. The zero-order valence-electron chi connectivity index (χ0n) is 9.55. The smallest absolute Gasteiger partial charge is 0.333 e. The van der Waals surface area contributed by atoms with Crippen molar-refractivity contribution >= 4 is 35.0 Å². The van der Waals surface area contributed by atoms with Gasteiger partial charge in [-0.2, -0.15) is 0 Å². The molecule has 0 radical (unpaired) electrons. The van der Waals surface area contributed by atoms with Crippen LogP contribution in [-0.2, 0) is 0 Å². The highest BCUT2D eigenvalue weighted by atomic mass is 35.5. The molecule has 0 spiro atoms. The minimum absolute atomic E-state index is 0.112. The van der Waals surface area contributed by atoms with Crippen LogP contribution in [0.15, 0.2) is 12.1 Å². The maximum absolute atomic E-state index is 11.0. The Morgan fingerprint density at radius 3 is 1.94 bits per heavy atom. The van der Waals surface area contributed by atoms with Crippen LogP contribution in [0.3, 0.4) is 0 Å². The summed E-state index contributed by atoms with van der Waals surface area (Å²) in [5, 5.41) is 1.54. The third kappa shape index (κ3) is 2.62. The van der Waals surface area contributed by atoms with Crippen LogP contribution in [0.1, 0.15) is 5.56 Å². The fraction of sp³-hybridized carbons (Fsp3) is 0.111. The summed E-state index contributed by atoms with van der Waals surface area (Å²) in [6.07, 6.45) is 0. The van der Waals surface area contributed by atoms with Crippen molar-refractivity contribution in [2.24, 2.45) is 23.2 Å². The van der Waals surface area contributed by atoms with Crippen molar-refractivity contribution in [2.45, 2.75) is 6.92 Å². The van der Waals surface area contributed by atoms with Crippen molar-refractivity contribution in [1.82, 2.24) is 0 Å². The average Bonchev–Trinajstić information content (AvgIpc) is 2.27. The van der Waals surface area contributed by atoms with E-state index in [-0.39, 0.29) is 16.4 Å². The SMILES string of the molecule is Cc1cc(Cl)c(N(N)C(N)=O)cc1N(N)C(N)=O. The molecule has 0 atom stereocenters. The first-order chi connectivity index (χ1) is 8.25. The number of hydrogen-bond acceptors (Lipinski definition) is 4. The summed E-state index contributed by atoms with van der Waals surface area (Å²) in [7, 11) is 0. The van der Waals surface area contributed by atoms with Crippen LogP contribution < -0.4 is 33.2 Å². The molecular formula is C9H13ClN6O2. The van der Waals surface area contributed by atoms with E-state index in [2.05, 4.69) is 0 Å². The molecule has 0 fully saturated rings. The number of urea groups is 2. The second kappa shape index (κ2) is 5.08. The van der Waals surface area contributed by atoms with Crippen LogP contribution in [-0.4, -0.2) is 12.1 Å². The number of nitrogens with zero attached hydrogens (tertiary/aromatic N) is 2. The predicted molar refractivity (Wildman–Crippen MR) is 68.7 cm³/mol. The fourth-order valence-electron chi connectivity index (χ4n) is 1.33. The number of carbonyl (C=O) groups excluding carboxylic acids is 2. The predicted octanol–water partition coefficient (Wildman–Crippen LogP) is 0.166. The van der Waals surface area contributed by atoms with Gasteiger partial charge in [-0.1, -0.05) is 11.6 Å². The topological polar surface area (TPSA) is 145 Å². The van der Waals surface area contributed by atoms with Gasteiger partial charge in [0.1, 0.15) is 0 Å². The number of carbonyl (C=O) groups is 2. The van der Waals surface area contributed by atoms with Gasteiger partial charge < -0.3 is 11.5 Å². The monoisotopic (exact) mass is 272 g/mol. The molecule has 4 amide bonds. The zero-order chi connectivity index (χ0) is 14.0. The van der Waals surface area contributed by atoms with Crippen LogP contribution in [0.5, 0.6) is 0 Å². The lowest BCUT2D eigenvalue weighted by Gasteiger charge is -2.21. The second-order valence-corrected chi connectivity index (χ2v) is 3.91. The lowest BCUT2D eigenvalue weighted by molar-refractivity contribution is 0.253. The highest BCUT2D eigenvalue weighted by Gasteiger charge is 2.18. The summed E-state index contributed by atoms with van der Waals surface area (Å²) in [5.74, 6) is 10.9. The van der Waals surface area contributed by atoms with Crippen molar-refractivity contribution in [3.63, 3.8) is 0 Å². The number of rotatable bonds is 2. The van der Waals surface area contributed by atoms with E-state index in [1.165, 1.54) is 12.1 Å². The Morgan fingerprint density at radius 1 is 1.06 bits per heavy atom. The minimum atomic E-state index is -0.908. The Morgan fingerprint density at radius 2 is 1.50 bits per heavy atom. The van der Waals surface area contributed by atoms with Gasteiger partial charge in [-0.05, 0) is 24.6 Å². The Balaban J connectivity index is 3.35. The first kappa shape index (κ1) is 14.0. The number of benzene rings is 1. The van der Waals surface area contributed by atoms with Gasteiger partial charge in [0, 0.05) is 0 Å². The van der Waals surface area contributed by atoms with E-state index in [0.717, 1.165) is 0 Å². The van der Waals surface area contributed by atoms with E-state index >= 15 is 0 Å². The van der Waals surface area contributed by atoms with Gasteiger partial charge in [0.25, 0.3) is 0 Å². The molecule has 0 aromatic heterocycles. The van der Waals surface area contributed by atoms with Gasteiger partial charge in [0.2, 0.25) is 0 Å². The lowest BCUT2D eigenvalue weighted by atomic mass is 10.1. The first-order valence-corrected chi connectivity index (χ1v) is 5.12. The highest BCUT2D eigenvalue weighted by Crippen LogP contribution is 2.31. The van der Waals surface area contributed by atoms with Crippen molar-refractivity contribution in [2.75, 3.05) is 10.0 Å². The molecule has 0 saturated heterocycles. The van der Waals surface area contributed by atoms with Gasteiger partial charge in [-0.15, -0.1) is 0 Å². The van der Waals surface area contributed by atoms with E-state index in [1.54, 1.807) is 6.92 Å². The molecule has 1 aromatic carbocycles. The third-order valence-electron chi connectivity index (χ3n) is 2.26. The number of amides is 4. The summed E-state index contributed by atoms with van der Waals surface area (Å²) in [6, 6.07) is 1.05. The molecule has 0 bridgehead atoms. The van der Waals surface area contributed by atoms with Crippen molar-refractivity contribution in [3.05, 3.63) is 22.7 Å². The number of anilines is 2. The summed E-state index contributed by atoms with van der Waals surface area (Å²) >= 11 is 5.92. The maximum atomic E-state index is 11.0. The molecule has 1 rings (SSSR count).